The number of nitrogens with one attached hydrogen (secondary N) is 1. The lowest BCUT2D eigenvalue weighted by Crippen LogP contribution is -2.51. The minimum Gasteiger partial charge on any atom is -0.493 e. The van der Waals surface area contributed by atoms with Crippen LogP contribution in [0.4, 0.5) is 0 Å². The Balaban J connectivity index is 1.82. The van der Waals surface area contributed by atoms with Gasteiger partial charge in [-0.3, -0.25) is 14.5 Å². The number of hydrogen-bond donors (Lipinski definition) is 1. The Kier molecular flexibility index (Phi) is 9.20. The van der Waals surface area contributed by atoms with Crippen molar-refractivity contribution in [2.24, 2.45) is 0 Å². The Labute approximate surface area is 196 Å². The van der Waals surface area contributed by atoms with Gasteiger partial charge in [0.2, 0.25) is 11.7 Å². The van der Waals surface area contributed by atoms with E-state index in [1.54, 1.807) is 17.0 Å². The second kappa shape index (κ2) is 12.1. The van der Waals surface area contributed by atoms with E-state index in [0.29, 0.717) is 48.5 Å². The number of methoxy groups -OCH3 is 3. The van der Waals surface area contributed by atoms with Gasteiger partial charge in [0.05, 0.1) is 21.3 Å². The fourth-order valence-electron chi connectivity index (χ4n) is 4.56. The van der Waals surface area contributed by atoms with Gasteiger partial charge in [-0.1, -0.05) is 6.42 Å². The molecule has 1 aromatic carbocycles. The summed E-state index contributed by atoms with van der Waals surface area (Å²) >= 11 is 0. The van der Waals surface area contributed by atoms with Gasteiger partial charge in [0.1, 0.15) is 6.54 Å². The van der Waals surface area contributed by atoms with Crippen LogP contribution in [-0.4, -0.2) is 106 Å². The Morgan fingerprint density at radius 1 is 1.03 bits per heavy atom. The highest BCUT2D eigenvalue weighted by molar-refractivity contribution is 5.97. The number of amides is 2. The molecule has 2 fully saturated rings. The normalized spacial score (nSPS) is 19.2. The lowest BCUT2D eigenvalue weighted by atomic mass is 10.0. The molecule has 1 aromatic rings. The molecule has 1 N–H and O–H groups in total. The van der Waals surface area contributed by atoms with Crippen LogP contribution in [0, 0.1) is 0 Å². The van der Waals surface area contributed by atoms with Crippen molar-refractivity contribution in [1.82, 2.24) is 20.0 Å². The number of nitrogens with zero attached hydrogens (tertiary/aromatic N) is 3. The maximum Gasteiger partial charge on any atom is 0.254 e. The molecule has 0 radical (unpaired) electrons. The van der Waals surface area contributed by atoms with Gasteiger partial charge in [0.25, 0.3) is 5.91 Å². The van der Waals surface area contributed by atoms with Crippen LogP contribution in [0.1, 0.15) is 36.5 Å². The van der Waals surface area contributed by atoms with Gasteiger partial charge in [0.15, 0.2) is 11.5 Å². The maximum absolute atomic E-state index is 13.6. The second-order valence-electron chi connectivity index (χ2n) is 8.65. The van der Waals surface area contributed by atoms with E-state index in [1.165, 1.54) is 40.6 Å². The van der Waals surface area contributed by atoms with E-state index < -0.39 is 0 Å². The van der Waals surface area contributed by atoms with E-state index in [0.717, 1.165) is 26.2 Å². The van der Waals surface area contributed by atoms with E-state index in [2.05, 4.69) is 17.1 Å². The molecule has 2 aliphatic heterocycles. The van der Waals surface area contributed by atoms with Crippen LogP contribution < -0.4 is 19.5 Å². The minimum absolute atomic E-state index is 0.0241. The zero-order chi connectivity index (χ0) is 23.8. The second-order valence-corrected chi connectivity index (χ2v) is 8.65. The third kappa shape index (κ3) is 6.29. The molecular formula is C24H38N4O5. The summed E-state index contributed by atoms with van der Waals surface area (Å²) in [6.07, 6.45) is 3.58. The minimum atomic E-state index is -0.220. The standard InChI is InChI=1S/C24H38N4O5/c1-18-7-5-6-10-26(18)13-14-28(17-22(29)27-11-8-25-9-12-27)24(30)19-15-20(31-2)23(33-4)21(16-19)32-3/h15-16,18,25H,5-14,17H2,1-4H3/t18-/m0/s1. The van der Waals surface area contributed by atoms with Crippen LogP contribution in [0.15, 0.2) is 12.1 Å². The number of piperazine rings is 1. The van der Waals surface area contributed by atoms with E-state index in [9.17, 15) is 9.59 Å². The largest absolute Gasteiger partial charge is 0.493 e. The van der Waals surface area contributed by atoms with Crippen molar-refractivity contribution in [2.75, 3.05) is 73.7 Å². The predicted octanol–water partition coefficient (Wildman–Crippen LogP) is 1.46. The summed E-state index contributed by atoms with van der Waals surface area (Å²) in [5.74, 6) is 1.02. The Morgan fingerprint density at radius 3 is 2.27 bits per heavy atom. The van der Waals surface area contributed by atoms with Crippen LogP contribution in [-0.2, 0) is 4.79 Å². The first-order valence-electron chi connectivity index (χ1n) is 11.8. The van der Waals surface area contributed by atoms with Crippen molar-refractivity contribution < 1.29 is 23.8 Å². The van der Waals surface area contributed by atoms with Crippen LogP contribution in [0.3, 0.4) is 0 Å². The van der Waals surface area contributed by atoms with E-state index in [4.69, 9.17) is 14.2 Å². The first kappa shape index (κ1) is 25.1. The van der Waals surface area contributed by atoms with Gasteiger partial charge in [-0.2, -0.15) is 0 Å². The molecule has 0 bridgehead atoms. The van der Waals surface area contributed by atoms with Crippen LogP contribution in [0.25, 0.3) is 0 Å². The topological polar surface area (TPSA) is 83.6 Å². The van der Waals surface area contributed by atoms with Crippen molar-refractivity contribution in [1.29, 1.82) is 0 Å². The molecule has 0 aliphatic carbocycles. The number of piperidine rings is 1. The maximum atomic E-state index is 13.6. The highest BCUT2D eigenvalue weighted by atomic mass is 16.5. The molecule has 9 heteroatoms. The van der Waals surface area contributed by atoms with Gasteiger partial charge >= 0.3 is 0 Å². The molecule has 1 atom stereocenters. The van der Waals surface area contributed by atoms with E-state index in [-0.39, 0.29) is 18.4 Å². The zero-order valence-corrected chi connectivity index (χ0v) is 20.4. The molecule has 184 valence electrons. The Hall–Kier alpha value is -2.52. The van der Waals surface area contributed by atoms with Gasteiger partial charge in [0, 0.05) is 50.9 Å². The zero-order valence-electron chi connectivity index (χ0n) is 20.4. The summed E-state index contributed by atoms with van der Waals surface area (Å²) in [5, 5.41) is 3.26. The van der Waals surface area contributed by atoms with Crippen molar-refractivity contribution in [2.45, 2.75) is 32.2 Å². The number of carbonyl (C=O) groups is 2. The highest BCUT2D eigenvalue weighted by Gasteiger charge is 2.27. The molecule has 0 unspecified atom stereocenters. The molecule has 0 aromatic heterocycles. The Morgan fingerprint density at radius 2 is 1.70 bits per heavy atom. The average Bonchev–Trinajstić information content (AvgIpc) is 2.86. The molecule has 3 rings (SSSR count). The number of hydrogen-bond acceptors (Lipinski definition) is 7. The van der Waals surface area contributed by atoms with Crippen LogP contribution >= 0.6 is 0 Å². The van der Waals surface area contributed by atoms with Gasteiger partial charge in [-0.25, -0.2) is 0 Å². The first-order chi connectivity index (χ1) is 16.0. The van der Waals surface area contributed by atoms with Crippen molar-refractivity contribution >= 4 is 11.8 Å². The van der Waals surface area contributed by atoms with E-state index >= 15 is 0 Å². The van der Waals surface area contributed by atoms with Gasteiger partial charge < -0.3 is 29.3 Å². The molecule has 2 aliphatic rings. The molecule has 0 spiro atoms. The summed E-state index contributed by atoms with van der Waals surface area (Å²) in [6.45, 7) is 7.41. The molecule has 2 heterocycles. The summed E-state index contributed by atoms with van der Waals surface area (Å²) in [5.41, 5.74) is 0.407. The first-order valence-corrected chi connectivity index (χ1v) is 11.8. The monoisotopic (exact) mass is 462 g/mol. The molecule has 33 heavy (non-hydrogen) atoms. The lowest BCUT2D eigenvalue weighted by Gasteiger charge is -2.36. The lowest BCUT2D eigenvalue weighted by molar-refractivity contribution is -0.132. The smallest absolute Gasteiger partial charge is 0.254 e. The predicted molar refractivity (Wildman–Crippen MR) is 126 cm³/mol. The average molecular weight is 463 g/mol. The highest BCUT2D eigenvalue weighted by Crippen LogP contribution is 2.38. The number of likely N-dealkylation sites (tertiary alicyclic amines) is 1. The van der Waals surface area contributed by atoms with Crippen LogP contribution in [0.2, 0.25) is 0 Å². The molecule has 9 nitrogen and oxygen atoms in total. The molecule has 0 saturated carbocycles. The van der Waals surface area contributed by atoms with Crippen molar-refractivity contribution in [3.05, 3.63) is 17.7 Å². The summed E-state index contributed by atoms with van der Waals surface area (Å²) < 4.78 is 16.2. The summed E-state index contributed by atoms with van der Waals surface area (Å²) in [4.78, 5) is 32.6. The van der Waals surface area contributed by atoms with E-state index in [1.807, 2.05) is 4.90 Å². The third-order valence-electron chi connectivity index (χ3n) is 6.59. The number of carbonyl (C=O) groups excluding carboxylic acids is 2. The van der Waals surface area contributed by atoms with Crippen molar-refractivity contribution in [3.8, 4) is 17.2 Å². The molecule has 2 saturated heterocycles. The summed E-state index contributed by atoms with van der Waals surface area (Å²) in [7, 11) is 4.57. The van der Waals surface area contributed by atoms with Crippen molar-refractivity contribution in [3.63, 3.8) is 0 Å². The van der Waals surface area contributed by atoms with Gasteiger partial charge in [-0.05, 0) is 38.4 Å². The molecular weight excluding hydrogens is 424 g/mol. The summed E-state index contributed by atoms with van der Waals surface area (Å²) in [6, 6.07) is 3.78. The fraction of sp³-hybridized carbons (Fsp3) is 0.667. The quantitative estimate of drug-likeness (QED) is 0.595. The number of rotatable bonds is 9. The molecule has 2 amide bonds. The number of ether oxygens (including phenoxy) is 3. The number of benzene rings is 1. The SMILES string of the molecule is COc1cc(C(=O)N(CCN2CCCC[C@@H]2C)CC(=O)N2CCNCC2)cc(OC)c1OC. The Bertz CT molecular complexity index is 787. The van der Waals surface area contributed by atoms with Crippen LogP contribution in [0.5, 0.6) is 17.2 Å². The van der Waals surface area contributed by atoms with Gasteiger partial charge in [-0.15, -0.1) is 0 Å². The third-order valence-corrected chi connectivity index (χ3v) is 6.59. The fourth-order valence-corrected chi connectivity index (χ4v) is 4.56.